The second kappa shape index (κ2) is 6.63. The molecule has 0 aliphatic heterocycles. The molecule has 0 heterocycles. The molecule has 0 radical (unpaired) electrons. The highest BCUT2D eigenvalue weighted by Gasteiger charge is 2.11. The molecule has 1 rings (SSSR count). The van der Waals surface area contributed by atoms with Gasteiger partial charge in [0.05, 0.1) is 6.61 Å². The molecule has 1 aromatic rings. The summed E-state index contributed by atoms with van der Waals surface area (Å²) >= 11 is 0. The van der Waals surface area contributed by atoms with Crippen LogP contribution in [0.15, 0.2) is 36.4 Å². The Hall–Kier alpha value is -1.90. The normalized spacial score (nSPS) is 12.4. The zero-order chi connectivity index (χ0) is 12.7. The molecule has 0 fully saturated rings. The minimum absolute atomic E-state index is 0.00519. The number of carbonyl (C=O) groups is 2. The lowest BCUT2D eigenvalue weighted by Crippen LogP contribution is -2.10. The van der Waals surface area contributed by atoms with Crippen LogP contribution in [0.3, 0.4) is 0 Å². The largest absolute Gasteiger partial charge is 0.462 e. The van der Waals surface area contributed by atoms with Crippen molar-refractivity contribution >= 4 is 12.3 Å². The van der Waals surface area contributed by atoms with Crippen molar-refractivity contribution in [1.29, 1.82) is 0 Å². The lowest BCUT2D eigenvalue weighted by atomic mass is 9.97. The number of carbonyl (C=O) groups excluding carboxylic acids is 2. The van der Waals surface area contributed by atoms with Crippen molar-refractivity contribution < 1.29 is 14.3 Å². The molecule has 0 aromatic heterocycles. The third kappa shape index (κ3) is 3.87. The molecule has 0 bridgehead atoms. The number of esters is 1. The van der Waals surface area contributed by atoms with Gasteiger partial charge >= 0.3 is 5.97 Å². The number of aldehydes is 1. The first kappa shape index (κ1) is 13.2. The van der Waals surface area contributed by atoms with E-state index >= 15 is 0 Å². The Morgan fingerprint density at radius 2 is 2.12 bits per heavy atom. The third-order valence-electron chi connectivity index (χ3n) is 2.43. The average molecular weight is 232 g/mol. The molecule has 3 nitrogen and oxygen atoms in total. The van der Waals surface area contributed by atoms with Gasteiger partial charge in [-0.15, -0.1) is 0 Å². The van der Waals surface area contributed by atoms with Crippen molar-refractivity contribution in [3.8, 4) is 0 Å². The number of hydrogen-bond donors (Lipinski definition) is 0. The molecule has 1 atom stereocenters. The van der Waals surface area contributed by atoms with E-state index in [-0.39, 0.29) is 18.5 Å². The van der Waals surface area contributed by atoms with Crippen LogP contribution < -0.4 is 0 Å². The number of ether oxygens (including phenoxy) is 1. The van der Waals surface area contributed by atoms with Crippen molar-refractivity contribution in [1.82, 2.24) is 0 Å². The highest BCUT2D eigenvalue weighted by atomic mass is 16.5. The molecule has 90 valence electrons. The molecule has 17 heavy (non-hydrogen) atoms. The van der Waals surface area contributed by atoms with Gasteiger partial charge in [0.1, 0.15) is 6.29 Å². The Bertz CT molecular complexity index is 421. The van der Waals surface area contributed by atoms with Gasteiger partial charge in [-0.1, -0.05) is 37.3 Å². The number of allylic oxidation sites excluding steroid dienone is 1. The molecule has 0 amide bonds. The molecule has 3 heteroatoms. The van der Waals surface area contributed by atoms with Gasteiger partial charge < -0.3 is 4.74 Å². The molecule has 0 spiro atoms. The summed E-state index contributed by atoms with van der Waals surface area (Å²) in [7, 11) is 0. The van der Waals surface area contributed by atoms with Crippen LogP contribution in [0.1, 0.15) is 35.7 Å². The second-order valence-corrected chi connectivity index (χ2v) is 3.78. The van der Waals surface area contributed by atoms with Crippen molar-refractivity contribution in [2.45, 2.75) is 19.8 Å². The fourth-order valence-corrected chi connectivity index (χ4v) is 1.55. The summed E-state index contributed by atoms with van der Waals surface area (Å²) in [6.07, 6.45) is 3.82. The topological polar surface area (TPSA) is 43.4 Å². The summed E-state index contributed by atoms with van der Waals surface area (Å²) in [5.74, 6) is -0.353. The Morgan fingerprint density at radius 3 is 2.76 bits per heavy atom. The van der Waals surface area contributed by atoms with Crippen LogP contribution >= 0.6 is 0 Å². The van der Waals surface area contributed by atoms with E-state index in [0.29, 0.717) is 5.56 Å². The number of hydrogen-bond acceptors (Lipinski definition) is 3. The molecule has 0 saturated carbocycles. The van der Waals surface area contributed by atoms with E-state index in [0.717, 1.165) is 11.8 Å². The van der Waals surface area contributed by atoms with Gasteiger partial charge in [0.25, 0.3) is 0 Å². The third-order valence-corrected chi connectivity index (χ3v) is 2.43. The summed E-state index contributed by atoms with van der Waals surface area (Å²) in [6, 6.07) is 7.31. The van der Waals surface area contributed by atoms with Gasteiger partial charge in [-0.05, 0) is 12.5 Å². The molecule has 0 aliphatic rings. The van der Waals surface area contributed by atoms with Crippen LogP contribution in [0.4, 0.5) is 0 Å². The summed E-state index contributed by atoms with van der Waals surface area (Å²) < 4.78 is 5.06. The van der Waals surface area contributed by atoms with Gasteiger partial charge in [0.2, 0.25) is 0 Å². The molecule has 0 saturated heterocycles. The molecule has 1 aromatic carbocycles. The van der Waals surface area contributed by atoms with Gasteiger partial charge in [-0.3, -0.25) is 4.79 Å². The first-order chi connectivity index (χ1) is 8.19. The number of rotatable bonds is 5. The van der Waals surface area contributed by atoms with Gasteiger partial charge in [0, 0.05) is 17.6 Å². The van der Waals surface area contributed by atoms with Crippen molar-refractivity contribution in [3.63, 3.8) is 0 Å². The average Bonchev–Trinajstić information content (AvgIpc) is 2.36. The molecular weight excluding hydrogens is 216 g/mol. The minimum Gasteiger partial charge on any atom is -0.462 e. The Labute approximate surface area is 101 Å². The van der Waals surface area contributed by atoms with Crippen LogP contribution in [0.25, 0.3) is 0 Å². The van der Waals surface area contributed by atoms with Crippen LogP contribution in [0.5, 0.6) is 0 Å². The van der Waals surface area contributed by atoms with Crippen LogP contribution in [0.2, 0.25) is 0 Å². The van der Waals surface area contributed by atoms with Crippen molar-refractivity contribution in [3.05, 3.63) is 47.5 Å². The fourth-order valence-electron chi connectivity index (χ4n) is 1.55. The summed E-state index contributed by atoms with van der Waals surface area (Å²) in [4.78, 5) is 22.0. The van der Waals surface area contributed by atoms with E-state index < -0.39 is 0 Å². The zero-order valence-electron chi connectivity index (χ0n) is 10.1. The van der Waals surface area contributed by atoms with Crippen LogP contribution in [0, 0.1) is 0 Å². The van der Waals surface area contributed by atoms with Crippen molar-refractivity contribution in [2.75, 3.05) is 6.61 Å². The van der Waals surface area contributed by atoms with E-state index in [2.05, 4.69) is 0 Å². The van der Waals surface area contributed by atoms with Gasteiger partial charge in [-0.25, -0.2) is 4.79 Å². The van der Waals surface area contributed by atoms with E-state index in [1.54, 1.807) is 19.1 Å². The fraction of sp³-hybridized carbons (Fsp3) is 0.286. The maximum absolute atomic E-state index is 11.2. The maximum Gasteiger partial charge on any atom is 0.330 e. The van der Waals surface area contributed by atoms with E-state index in [9.17, 15) is 9.59 Å². The zero-order valence-corrected chi connectivity index (χ0v) is 10.1. The van der Waals surface area contributed by atoms with E-state index in [4.69, 9.17) is 4.74 Å². The van der Waals surface area contributed by atoms with Crippen LogP contribution in [-0.2, 0) is 9.53 Å². The quantitative estimate of drug-likeness (QED) is 0.445. The Morgan fingerprint density at radius 1 is 1.41 bits per heavy atom. The molecular formula is C14H16O3. The van der Waals surface area contributed by atoms with Crippen molar-refractivity contribution in [2.24, 2.45) is 0 Å². The monoisotopic (exact) mass is 232 g/mol. The first-order valence-electron chi connectivity index (χ1n) is 5.52. The van der Waals surface area contributed by atoms with Gasteiger partial charge in [0.15, 0.2) is 0 Å². The minimum atomic E-state index is -0.358. The SMILES string of the molecule is C/C=C/C(=O)OC[C@H](C)c1ccccc1C=O. The Balaban J connectivity index is 2.66. The maximum atomic E-state index is 11.2. The highest BCUT2D eigenvalue weighted by molar-refractivity contribution is 5.82. The lowest BCUT2D eigenvalue weighted by Gasteiger charge is -2.13. The van der Waals surface area contributed by atoms with Crippen LogP contribution in [-0.4, -0.2) is 18.9 Å². The Kier molecular flexibility index (Phi) is 5.14. The smallest absolute Gasteiger partial charge is 0.330 e. The predicted molar refractivity (Wildman–Crippen MR) is 66.0 cm³/mol. The summed E-state index contributed by atoms with van der Waals surface area (Å²) in [5.41, 5.74) is 1.54. The first-order valence-corrected chi connectivity index (χ1v) is 5.52. The predicted octanol–water partition coefficient (Wildman–Crippen LogP) is 2.72. The standard InChI is InChI=1S/C14H16O3/c1-3-6-14(16)17-10-11(2)13-8-5-4-7-12(13)9-15/h3-9,11H,10H2,1-2H3/b6-3+/t11-/m0/s1. The lowest BCUT2D eigenvalue weighted by molar-refractivity contribution is -0.138. The van der Waals surface area contributed by atoms with Gasteiger partial charge in [-0.2, -0.15) is 0 Å². The van der Waals surface area contributed by atoms with E-state index in [1.807, 2.05) is 25.1 Å². The second-order valence-electron chi connectivity index (χ2n) is 3.78. The molecule has 0 N–H and O–H groups in total. The number of benzene rings is 1. The summed E-state index contributed by atoms with van der Waals surface area (Å²) in [6.45, 7) is 3.95. The summed E-state index contributed by atoms with van der Waals surface area (Å²) in [5, 5.41) is 0. The van der Waals surface area contributed by atoms with E-state index in [1.165, 1.54) is 6.08 Å². The molecule has 0 aliphatic carbocycles. The molecule has 0 unspecified atom stereocenters. The highest BCUT2D eigenvalue weighted by Crippen LogP contribution is 2.18.